The van der Waals surface area contributed by atoms with Crippen molar-refractivity contribution in [2.45, 2.75) is 25.0 Å². The Labute approximate surface area is 78.7 Å². The summed E-state index contributed by atoms with van der Waals surface area (Å²) in [7, 11) is 0. The van der Waals surface area contributed by atoms with Crippen LogP contribution in [0.15, 0.2) is 0 Å². The van der Waals surface area contributed by atoms with Gasteiger partial charge in [-0.15, -0.1) is 0 Å². The molecule has 0 saturated heterocycles. The summed E-state index contributed by atoms with van der Waals surface area (Å²) in [5.74, 6) is 0. The summed E-state index contributed by atoms with van der Waals surface area (Å²) in [5.41, 5.74) is 10.8. The number of hydrogen-bond acceptors (Lipinski definition) is 5. The lowest BCUT2D eigenvalue weighted by Crippen LogP contribution is -2.34. The van der Waals surface area contributed by atoms with Gasteiger partial charge in [0.1, 0.15) is 0 Å². The van der Waals surface area contributed by atoms with Gasteiger partial charge in [-0.25, -0.2) is 0 Å². The fourth-order valence-corrected chi connectivity index (χ4v) is 1.04. The topological polar surface area (TPSA) is 102 Å². The Balaban J connectivity index is 3.73. The second-order valence-electron chi connectivity index (χ2n) is 2.88. The van der Waals surface area contributed by atoms with Crippen LogP contribution in [0.1, 0.15) is 12.8 Å². The highest BCUT2D eigenvalue weighted by atomic mass is 16.5. The molecular weight excluding hydrogens is 172 g/mol. The zero-order valence-electron chi connectivity index (χ0n) is 7.85. The molecule has 0 rings (SSSR count). The van der Waals surface area contributed by atoms with E-state index in [0.717, 1.165) is 0 Å². The molecule has 0 saturated carbocycles. The van der Waals surface area contributed by atoms with E-state index < -0.39 is 0 Å². The summed E-state index contributed by atoms with van der Waals surface area (Å²) in [4.78, 5) is 0. The molecule has 0 bridgehead atoms. The molecule has 80 valence electrons. The van der Waals surface area contributed by atoms with E-state index >= 15 is 0 Å². The summed E-state index contributed by atoms with van der Waals surface area (Å²) in [6.07, 6.45) is 0.701. The number of aliphatic hydroxyl groups is 2. The minimum atomic E-state index is -0.162. The third-order valence-corrected chi connectivity index (χ3v) is 1.81. The first-order chi connectivity index (χ1) is 6.28. The molecule has 0 aromatic heterocycles. The molecule has 0 aliphatic carbocycles. The number of hydrogen-bond donors (Lipinski definition) is 4. The second kappa shape index (κ2) is 8.40. The van der Waals surface area contributed by atoms with Gasteiger partial charge in [0.2, 0.25) is 0 Å². The molecule has 0 radical (unpaired) electrons. The van der Waals surface area contributed by atoms with E-state index in [4.69, 9.17) is 26.4 Å². The van der Waals surface area contributed by atoms with Crippen LogP contribution >= 0.6 is 0 Å². The first-order valence-corrected chi connectivity index (χ1v) is 4.55. The van der Waals surface area contributed by atoms with Crippen LogP contribution in [0.3, 0.4) is 0 Å². The van der Waals surface area contributed by atoms with Crippen LogP contribution in [-0.2, 0) is 4.74 Å². The normalized spacial score (nSPS) is 15.7. The Morgan fingerprint density at radius 1 is 0.923 bits per heavy atom. The minimum Gasteiger partial charge on any atom is -0.396 e. The smallest absolute Gasteiger partial charge is 0.0723 e. The Morgan fingerprint density at radius 2 is 1.31 bits per heavy atom. The van der Waals surface area contributed by atoms with Crippen LogP contribution < -0.4 is 11.5 Å². The van der Waals surface area contributed by atoms with E-state index in [2.05, 4.69) is 0 Å². The van der Waals surface area contributed by atoms with E-state index in [0.29, 0.717) is 25.9 Å². The largest absolute Gasteiger partial charge is 0.396 e. The molecule has 2 unspecified atom stereocenters. The average Bonchev–Trinajstić information content (AvgIpc) is 2.16. The molecule has 5 heteroatoms. The van der Waals surface area contributed by atoms with E-state index in [1.807, 2.05) is 0 Å². The van der Waals surface area contributed by atoms with Crippen molar-refractivity contribution in [1.82, 2.24) is 0 Å². The molecule has 0 heterocycles. The van der Waals surface area contributed by atoms with Crippen LogP contribution in [0, 0.1) is 0 Å². The van der Waals surface area contributed by atoms with Gasteiger partial charge in [0.05, 0.1) is 12.2 Å². The van der Waals surface area contributed by atoms with Gasteiger partial charge in [-0.1, -0.05) is 0 Å². The molecule has 0 aromatic carbocycles. The Bertz CT molecular complexity index is 102. The summed E-state index contributed by atoms with van der Waals surface area (Å²) in [6, 6.07) is 0. The number of nitrogens with two attached hydrogens (primary N) is 2. The van der Waals surface area contributed by atoms with Crippen LogP contribution in [0.5, 0.6) is 0 Å². The van der Waals surface area contributed by atoms with E-state index in [1.54, 1.807) is 0 Å². The van der Waals surface area contributed by atoms with Crippen LogP contribution in [-0.4, -0.2) is 48.7 Å². The molecule has 0 aliphatic rings. The fourth-order valence-electron chi connectivity index (χ4n) is 1.04. The van der Waals surface area contributed by atoms with Gasteiger partial charge in [-0.05, 0) is 12.8 Å². The summed E-state index contributed by atoms with van der Waals surface area (Å²) in [5, 5.41) is 17.3. The molecular formula is C8H20N2O3. The first kappa shape index (κ1) is 12.8. The first-order valence-electron chi connectivity index (χ1n) is 4.55. The van der Waals surface area contributed by atoms with Gasteiger partial charge in [-0.3, -0.25) is 0 Å². The van der Waals surface area contributed by atoms with Gasteiger partial charge in [0.15, 0.2) is 0 Å². The van der Waals surface area contributed by atoms with Crippen molar-refractivity contribution in [1.29, 1.82) is 0 Å². The maximum atomic E-state index is 8.67. The monoisotopic (exact) mass is 192 g/mol. The summed E-state index contributed by atoms with van der Waals surface area (Å²) >= 11 is 0. The molecule has 0 amide bonds. The van der Waals surface area contributed by atoms with Gasteiger partial charge < -0.3 is 26.4 Å². The lowest BCUT2D eigenvalue weighted by Gasteiger charge is -2.21. The van der Waals surface area contributed by atoms with Crippen molar-refractivity contribution in [3.05, 3.63) is 0 Å². The lowest BCUT2D eigenvalue weighted by molar-refractivity contribution is -0.0234. The SMILES string of the molecule is NCC(CCO)OC(CN)CCO. The molecule has 5 nitrogen and oxygen atoms in total. The summed E-state index contributed by atoms with van der Waals surface area (Å²) < 4.78 is 5.46. The van der Waals surface area contributed by atoms with Crippen molar-refractivity contribution >= 4 is 0 Å². The van der Waals surface area contributed by atoms with Crippen LogP contribution in [0.4, 0.5) is 0 Å². The quantitative estimate of drug-likeness (QED) is 0.372. The molecule has 0 fully saturated rings. The zero-order chi connectivity index (χ0) is 10.1. The Hall–Kier alpha value is -0.200. The van der Waals surface area contributed by atoms with E-state index in [1.165, 1.54) is 0 Å². The van der Waals surface area contributed by atoms with Gasteiger partial charge in [0.25, 0.3) is 0 Å². The van der Waals surface area contributed by atoms with Gasteiger partial charge >= 0.3 is 0 Å². The number of rotatable bonds is 8. The third kappa shape index (κ3) is 5.95. The number of aliphatic hydroxyl groups excluding tert-OH is 2. The van der Waals surface area contributed by atoms with Crippen molar-refractivity contribution in [3.63, 3.8) is 0 Å². The Morgan fingerprint density at radius 3 is 1.54 bits per heavy atom. The molecule has 0 spiro atoms. The minimum absolute atomic E-state index is 0.0539. The second-order valence-corrected chi connectivity index (χ2v) is 2.88. The average molecular weight is 192 g/mol. The maximum Gasteiger partial charge on any atom is 0.0723 e. The van der Waals surface area contributed by atoms with Crippen LogP contribution in [0.2, 0.25) is 0 Å². The highest BCUT2D eigenvalue weighted by Gasteiger charge is 2.13. The lowest BCUT2D eigenvalue weighted by atomic mass is 10.2. The van der Waals surface area contributed by atoms with Crippen molar-refractivity contribution < 1.29 is 14.9 Å². The van der Waals surface area contributed by atoms with Crippen LogP contribution in [0.25, 0.3) is 0 Å². The molecule has 13 heavy (non-hydrogen) atoms. The Kier molecular flexibility index (Phi) is 8.27. The third-order valence-electron chi connectivity index (χ3n) is 1.81. The van der Waals surface area contributed by atoms with Crippen molar-refractivity contribution in [3.8, 4) is 0 Å². The predicted octanol–water partition coefficient (Wildman–Crippen LogP) is -1.58. The standard InChI is InChI=1S/C8H20N2O3/c9-5-7(1-3-11)13-8(6-10)2-4-12/h7-8,11-12H,1-6,9-10H2. The van der Waals surface area contributed by atoms with Gasteiger partial charge in [0, 0.05) is 26.3 Å². The molecule has 0 aliphatic heterocycles. The van der Waals surface area contributed by atoms with E-state index in [-0.39, 0.29) is 25.4 Å². The fraction of sp³-hybridized carbons (Fsp3) is 1.00. The van der Waals surface area contributed by atoms with E-state index in [9.17, 15) is 0 Å². The summed E-state index contributed by atoms with van der Waals surface area (Å²) in [6.45, 7) is 0.835. The number of ether oxygens (including phenoxy) is 1. The van der Waals surface area contributed by atoms with Gasteiger partial charge in [-0.2, -0.15) is 0 Å². The van der Waals surface area contributed by atoms with Crippen molar-refractivity contribution in [2.75, 3.05) is 26.3 Å². The maximum absolute atomic E-state index is 8.67. The molecule has 2 atom stereocenters. The molecule has 6 N–H and O–H groups in total. The highest BCUT2D eigenvalue weighted by Crippen LogP contribution is 2.03. The molecule has 0 aromatic rings. The zero-order valence-corrected chi connectivity index (χ0v) is 7.85. The highest BCUT2D eigenvalue weighted by molar-refractivity contribution is 4.64. The predicted molar refractivity (Wildman–Crippen MR) is 50.2 cm³/mol. The van der Waals surface area contributed by atoms with Crippen molar-refractivity contribution in [2.24, 2.45) is 11.5 Å².